The quantitative estimate of drug-likeness (QED) is 0.849. The monoisotopic (exact) mass is 276 g/mol. The second kappa shape index (κ2) is 5.32. The van der Waals surface area contributed by atoms with Crippen LogP contribution in [0.15, 0.2) is 24.3 Å². The molecule has 6 nitrogen and oxygen atoms in total. The lowest BCUT2D eigenvalue weighted by atomic mass is 10.0. The number of hydrogen-bond donors (Lipinski definition) is 2. The van der Waals surface area contributed by atoms with Gasteiger partial charge in [-0.2, -0.15) is 0 Å². The number of aliphatic carboxylic acids is 1. The maximum absolute atomic E-state index is 12.4. The van der Waals surface area contributed by atoms with Gasteiger partial charge in [-0.25, -0.2) is 0 Å². The van der Waals surface area contributed by atoms with E-state index in [4.69, 9.17) is 10.8 Å². The van der Waals surface area contributed by atoms with Crippen molar-refractivity contribution in [2.75, 3.05) is 6.54 Å². The van der Waals surface area contributed by atoms with Crippen LogP contribution in [-0.2, 0) is 4.79 Å². The Kier molecular flexibility index (Phi) is 3.74. The van der Waals surface area contributed by atoms with Crippen molar-refractivity contribution in [1.82, 2.24) is 4.90 Å². The van der Waals surface area contributed by atoms with Gasteiger partial charge in [0, 0.05) is 23.7 Å². The number of carbonyl (C=O) groups is 3. The Bertz CT molecular complexity index is 570. The van der Waals surface area contributed by atoms with Gasteiger partial charge in [-0.3, -0.25) is 14.4 Å². The molecule has 6 heteroatoms. The van der Waals surface area contributed by atoms with Crippen LogP contribution in [0.3, 0.4) is 0 Å². The summed E-state index contributed by atoms with van der Waals surface area (Å²) in [4.78, 5) is 36.1. The molecule has 1 aliphatic heterocycles. The van der Waals surface area contributed by atoms with Crippen LogP contribution in [0.5, 0.6) is 0 Å². The summed E-state index contributed by atoms with van der Waals surface area (Å²) in [6.07, 6.45) is 0.442. The number of carboxylic acids is 1. The number of carbonyl (C=O) groups excluding carboxylic acids is 2. The lowest BCUT2D eigenvalue weighted by Gasteiger charge is -2.23. The lowest BCUT2D eigenvalue weighted by molar-refractivity contribution is -0.142. The molecule has 0 aromatic heterocycles. The summed E-state index contributed by atoms with van der Waals surface area (Å²) >= 11 is 0. The second-order valence-electron chi connectivity index (χ2n) is 4.92. The lowest BCUT2D eigenvalue weighted by Crippen LogP contribution is -2.37. The number of hydrogen-bond acceptors (Lipinski definition) is 3. The molecule has 0 bridgehead atoms. The van der Waals surface area contributed by atoms with E-state index in [9.17, 15) is 14.4 Å². The van der Waals surface area contributed by atoms with Crippen LogP contribution in [0, 0.1) is 5.92 Å². The van der Waals surface area contributed by atoms with E-state index in [0.717, 1.165) is 0 Å². The van der Waals surface area contributed by atoms with Crippen molar-refractivity contribution in [3.8, 4) is 0 Å². The summed E-state index contributed by atoms with van der Waals surface area (Å²) in [5, 5.41) is 9.07. The third-order valence-electron chi connectivity index (χ3n) is 3.73. The minimum absolute atomic E-state index is 0.262. The summed E-state index contributed by atoms with van der Waals surface area (Å²) in [6.45, 7) is 2.12. The summed E-state index contributed by atoms with van der Waals surface area (Å²) in [6, 6.07) is 5.79. The molecule has 2 rings (SSSR count). The maximum atomic E-state index is 12.4. The molecule has 1 aromatic rings. The number of nitrogens with two attached hydrogens (primary N) is 1. The second-order valence-corrected chi connectivity index (χ2v) is 4.92. The van der Waals surface area contributed by atoms with Gasteiger partial charge in [0.05, 0.1) is 5.92 Å². The van der Waals surface area contributed by atoms with Crippen LogP contribution in [-0.4, -0.2) is 40.4 Å². The number of likely N-dealkylation sites (tertiary alicyclic amines) is 1. The smallest absolute Gasteiger partial charge is 0.308 e. The van der Waals surface area contributed by atoms with Crippen LogP contribution < -0.4 is 5.73 Å². The largest absolute Gasteiger partial charge is 0.481 e. The molecule has 2 unspecified atom stereocenters. The van der Waals surface area contributed by atoms with Gasteiger partial charge in [0.1, 0.15) is 0 Å². The van der Waals surface area contributed by atoms with E-state index < -0.39 is 17.8 Å². The van der Waals surface area contributed by atoms with Gasteiger partial charge in [-0.15, -0.1) is 0 Å². The van der Waals surface area contributed by atoms with Crippen LogP contribution in [0.4, 0.5) is 0 Å². The predicted octanol–water partition coefficient (Wildman–Crippen LogP) is 0.721. The predicted molar refractivity (Wildman–Crippen MR) is 71.2 cm³/mol. The first-order valence-electron chi connectivity index (χ1n) is 6.35. The third-order valence-corrected chi connectivity index (χ3v) is 3.73. The molecule has 0 spiro atoms. The van der Waals surface area contributed by atoms with Crippen LogP contribution >= 0.6 is 0 Å². The van der Waals surface area contributed by atoms with Crippen molar-refractivity contribution >= 4 is 17.8 Å². The Morgan fingerprint density at radius 2 is 1.95 bits per heavy atom. The van der Waals surface area contributed by atoms with Gasteiger partial charge in [-0.1, -0.05) is 6.07 Å². The molecule has 1 aliphatic rings. The van der Waals surface area contributed by atoms with Gasteiger partial charge >= 0.3 is 5.97 Å². The van der Waals surface area contributed by atoms with Crippen molar-refractivity contribution in [2.45, 2.75) is 19.4 Å². The van der Waals surface area contributed by atoms with Crippen molar-refractivity contribution in [1.29, 1.82) is 0 Å². The Labute approximate surface area is 116 Å². The number of nitrogens with zero attached hydrogens (tertiary/aromatic N) is 1. The zero-order valence-electron chi connectivity index (χ0n) is 11.1. The SMILES string of the molecule is CC1C(C(=O)O)CCN1C(=O)c1cccc(C(N)=O)c1. The normalized spacial score (nSPS) is 21.8. The molecule has 106 valence electrons. The highest BCUT2D eigenvalue weighted by Crippen LogP contribution is 2.26. The zero-order valence-corrected chi connectivity index (χ0v) is 11.1. The molecule has 1 saturated heterocycles. The van der Waals surface area contributed by atoms with Crippen molar-refractivity contribution in [3.63, 3.8) is 0 Å². The van der Waals surface area contributed by atoms with E-state index in [-0.39, 0.29) is 17.5 Å². The Hall–Kier alpha value is -2.37. The number of amides is 2. The number of primary amides is 1. The fraction of sp³-hybridized carbons (Fsp3) is 0.357. The number of rotatable bonds is 3. The molecule has 1 aromatic carbocycles. The molecular formula is C14H16N2O4. The van der Waals surface area contributed by atoms with Gasteiger partial charge in [0.25, 0.3) is 5.91 Å². The fourth-order valence-corrected chi connectivity index (χ4v) is 2.53. The van der Waals surface area contributed by atoms with E-state index in [1.165, 1.54) is 17.0 Å². The Morgan fingerprint density at radius 3 is 2.50 bits per heavy atom. The highest BCUT2D eigenvalue weighted by atomic mass is 16.4. The van der Waals surface area contributed by atoms with E-state index in [2.05, 4.69) is 0 Å². The van der Waals surface area contributed by atoms with Crippen LogP contribution in [0.1, 0.15) is 34.1 Å². The minimum atomic E-state index is -0.890. The Balaban J connectivity index is 2.22. The standard InChI is InChI=1S/C14H16N2O4/c1-8-11(14(19)20)5-6-16(8)13(18)10-4-2-3-9(7-10)12(15)17/h2-4,7-8,11H,5-6H2,1H3,(H2,15,17)(H,19,20). The van der Waals surface area contributed by atoms with Gasteiger partial charge in [-0.05, 0) is 31.5 Å². The van der Waals surface area contributed by atoms with E-state index in [1.54, 1.807) is 19.1 Å². The molecule has 3 N–H and O–H groups in total. The summed E-state index contributed by atoms with van der Waals surface area (Å²) in [7, 11) is 0. The molecule has 2 amide bonds. The number of benzene rings is 1. The number of carboxylic acid groups (broad SMARTS) is 1. The van der Waals surface area contributed by atoms with Gasteiger partial charge in [0.2, 0.25) is 5.91 Å². The summed E-state index contributed by atoms with van der Waals surface area (Å²) in [5.74, 6) is -2.31. The van der Waals surface area contributed by atoms with Crippen molar-refractivity contribution in [2.24, 2.45) is 11.7 Å². The molecule has 0 saturated carbocycles. The molecule has 2 atom stereocenters. The first-order valence-corrected chi connectivity index (χ1v) is 6.35. The molecule has 20 heavy (non-hydrogen) atoms. The molecule has 0 radical (unpaired) electrons. The van der Waals surface area contributed by atoms with Gasteiger partial charge < -0.3 is 15.7 Å². The zero-order chi connectivity index (χ0) is 14.9. The van der Waals surface area contributed by atoms with Crippen molar-refractivity contribution in [3.05, 3.63) is 35.4 Å². The van der Waals surface area contributed by atoms with Crippen LogP contribution in [0.2, 0.25) is 0 Å². The van der Waals surface area contributed by atoms with E-state index in [1.807, 2.05) is 0 Å². The first-order chi connectivity index (χ1) is 9.41. The average molecular weight is 276 g/mol. The van der Waals surface area contributed by atoms with Crippen molar-refractivity contribution < 1.29 is 19.5 Å². The average Bonchev–Trinajstić information content (AvgIpc) is 2.80. The third kappa shape index (κ3) is 2.49. The molecule has 0 aliphatic carbocycles. The molecular weight excluding hydrogens is 260 g/mol. The van der Waals surface area contributed by atoms with Crippen LogP contribution in [0.25, 0.3) is 0 Å². The van der Waals surface area contributed by atoms with Gasteiger partial charge in [0.15, 0.2) is 0 Å². The highest BCUT2D eigenvalue weighted by Gasteiger charge is 2.38. The Morgan fingerprint density at radius 1 is 1.30 bits per heavy atom. The fourth-order valence-electron chi connectivity index (χ4n) is 2.53. The summed E-state index contributed by atoms with van der Waals surface area (Å²) < 4.78 is 0. The molecule has 1 fully saturated rings. The van der Waals surface area contributed by atoms with E-state index in [0.29, 0.717) is 18.5 Å². The maximum Gasteiger partial charge on any atom is 0.308 e. The van der Waals surface area contributed by atoms with E-state index >= 15 is 0 Å². The molecule has 1 heterocycles. The first kappa shape index (κ1) is 14.0. The highest BCUT2D eigenvalue weighted by molar-refractivity contribution is 5.99. The topological polar surface area (TPSA) is 101 Å². The summed E-state index contributed by atoms with van der Waals surface area (Å²) in [5.41, 5.74) is 5.79. The minimum Gasteiger partial charge on any atom is -0.481 e.